The van der Waals surface area contributed by atoms with Gasteiger partial charge in [-0.05, 0) is 61.6 Å². The number of hydrogen-bond donors (Lipinski definition) is 0. The van der Waals surface area contributed by atoms with Crippen molar-refractivity contribution in [3.8, 4) is 11.3 Å². The molecule has 39 heavy (non-hydrogen) atoms. The van der Waals surface area contributed by atoms with Gasteiger partial charge in [0.05, 0.1) is 39.5 Å². The van der Waals surface area contributed by atoms with Crippen molar-refractivity contribution in [2.24, 2.45) is 15.4 Å². The summed E-state index contributed by atoms with van der Waals surface area (Å²) in [5.74, 6) is -1.36. The van der Waals surface area contributed by atoms with E-state index in [1.165, 1.54) is 24.5 Å². The maximum atomic E-state index is 14.5. The molecule has 204 valence electrons. The topological polar surface area (TPSA) is 111 Å². The standard InChI is InChI=1S/C28H29F2N5O3S/c1-6-39(36,37)15-17-14-38-26(33-17)16(2)32-23(13-31-5)28-11-10-19(27(28,3)4)18-12-22(34-35-25(18)28)24-20(29)8-7-9-21(24)30/h7-9,12-14,19H,5-6,10-11,15H2,1-4H3/b23-13-,32-16+/t19-,28-/m0/s1. The van der Waals surface area contributed by atoms with E-state index in [4.69, 9.17) is 9.41 Å². The Morgan fingerprint density at radius 3 is 2.64 bits per heavy atom. The summed E-state index contributed by atoms with van der Waals surface area (Å²) in [7, 11) is -3.28. The van der Waals surface area contributed by atoms with E-state index in [0.717, 1.165) is 12.0 Å². The van der Waals surface area contributed by atoms with Crippen LogP contribution >= 0.6 is 0 Å². The van der Waals surface area contributed by atoms with Crippen LogP contribution in [-0.2, 0) is 21.0 Å². The number of allylic oxidation sites excluding steroid dienone is 1. The van der Waals surface area contributed by atoms with Gasteiger partial charge in [0.15, 0.2) is 9.84 Å². The van der Waals surface area contributed by atoms with Gasteiger partial charge in [-0.1, -0.05) is 26.8 Å². The van der Waals surface area contributed by atoms with E-state index in [-0.39, 0.29) is 40.0 Å². The molecule has 5 rings (SSSR count). The Bertz CT molecular complexity index is 1620. The molecule has 2 aliphatic rings. The van der Waals surface area contributed by atoms with Gasteiger partial charge in [-0.25, -0.2) is 27.2 Å². The molecule has 2 aromatic heterocycles. The van der Waals surface area contributed by atoms with Gasteiger partial charge in [0.1, 0.15) is 23.6 Å². The van der Waals surface area contributed by atoms with E-state index < -0.39 is 26.9 Å². The fraction of sp³-hybridized carbons (Fsp3) is 0.393. The minimum Gasteiger partial charge on any atom is -0.443 e. The van der Waals surface area contributed by atoms with E-state index in [0.29, 0.717) is 29.2 Å². The molecule has 1 fully saturated rings. The highest BCUT2D eigenvalue weighted by Gasteiger charge is 2.65. The van der Waals surface area contributed by atoms with Crippen LogP contribution in [-0.4, -0.2) is 41.8 Å². The van der Waals surface area contributed by atoms with Crippen molar-refractivity contribution in [2.45, 2.75) is 57.6 Å². The van der Waals surface area contributed by atoms with Gasteiger partial charge in [-0.3, -0.25) is 4.99 Å². The summed E-state index contributed by atoms with van der Waals surface area (Å²) in [6.07, 6.45) is 4.43. The lowest BCUT2D eigenvalue weighted by Gasteiger charge is -2.38. The molecule has 11 heteroatoms. The summed E-state index contributed by atoms with van der Waals surface area (Å²) < 4.78 is 58.7. The third-order valence-corrected chi connectivity index (χ3v) is 9.82. The third kappa shape index (κ3) is 4.23. The zero-order chi connectivity index (χ0) is 28.2. The predicted octanol–water partition coefficient (Wildman–Crippen LogP) is 5.55. The Balaban J connectivity index is 1.59. The SMILES string of the molecule is C=N/C=C(\N=C(/C)c1nc(CS(=O)(=O)CC)co1)[C@@]12CC[C@@H](c3cc(-c4c(F)cccc4F)nnc31)C2(C)C. The minimum absolute atomic E-state index is 0.00460. The van der Waals surface area contributed by atoms with E-state index in [2.05, 4.69) is 40.7 Å². The van der Waals surface area contributed by atoms with Crippen molar-refractivity contribution < 1.29 is 21.6 Å². The number of rotatable bonds is 8. The molecular weight excluding hydrogens is 524 g/mol. The molecule has 1 aromatic carbocycles. The second-order valence-electron chi connectivity index (χ2n) is 10.6. The number of aromatic nitrogens is 3. The lowest BCUT2D eigenvalue weighted by molar-refractivity contribution is 0.241. The Kier molecular flexibility index (Phi) is 6.61. The van der Waals surface area contributed by atoms with Gasteiger partial charge in [-0.15, -0.1) is 5.10 Å². The summed E-state index contributed by atoms with van der Waals surface area (Å²) >= 11 is 0. The first kappa shape index (κ1) is 27.0. The number of hydrogen-bond acceptors (Lipinski definition) is 8. The summed E-state index contributed by atoms with van der Waals surface area (Å²) in [6.45, 7) is 11.2. The molecule has 2 heterocycles. The molecule has 1 saturated carbocycles. The molecule has 0 N–H and O–H groups in total. The van der Waals surface area contributed by atoms with E-state index in [1.54, 1.807) is 26.1 Å². The highest BCUT2D eigenvalue weighted by atomic mass is 32.2. The Morgan fingerprint density at radius 2 is 1.97 bits per heavy atom. The molecule has 0 spiro atoms. The lowest BCUT2D eigenvalue weighted by Crippen LogP contribution is -2.37. The molecule has 8 nitrogen and oxygen atoms in total. The highest BCUT2D eigenvalue weighted by Crippen LogP contribution is 2.70. The highest BCUT2D eigenvalue weighted by molar-refractivity contribution is 7.90. The lowest BCUT2D eigenvalue weighted by atomic mass is 9.66. The quantitative estimate of drug-likeness (QED) is 0.338. The average Bonchev–Trinajstić information content (AvgIpc) is 3.50. The Hall–Kier alpha value is -3.60. The number of halogens is 2. The largest absolute Gasteiger partial charge is 0.443 e. The zero-order valence-electron chi connectivity index (χ0n) is 22.2. The van der Waals surface area contributed by atoms with Crippen LogP contribution in [0.3, 0.4) is 0 Å². The van der Waals surface area contributed by atoms with Crippen LogP contribution in [0.15, 0.2) is 56.8 Å². The fourth-order valence-electron chi connectivity index (χ4n) is 6.17. The molecule has 2 atom stereocenters. The van der Waals surface area contributed by atoms with Gasteiger partial charge in [-0.2, -0.15) is 5.10 Å². The van der Waals surface area contributed by atoms with Crippen LogP contribution in [0.5, 0.6) is 0 Å². The van der Waals surface area contributed by atoms with Gasteiger partial charge in [0.25, 0.3) is 0 Å². The second kappa shape index (κ2) is 9.55. The Morgan fingerprint density at radius 1 is 1.26 bits per heavy atom. The van der Waals surface area contributed by atoms with Gasteiger partial charge < -0.3 is 4.42 Å². The molecule has 3 aromatic rings. The van der Waals surface area contributed by atoms with Crippen LogP contribution in [0, 0.1) is 17.0 Å². The molecule has 0 saturated heterocycles. The van der Waals surface area contributed by atoms with Crippen LogP contribution in [0.2, 0.25) is 0 Å². The number of sulfone groups is 1. The Labute approximate surface area is 225 Å². The number of oxazole rings is 1. The smallest absolute Gasteiger partial charge is 0.240 e. The first-order valence-electron chi connectivity index (χ1n) is 12.6. The van der Waals surface area contributed by atoms with Crippen LogP contribution in [0.1, 0.15) is 69.3 Å². The van der Waals surface area contributed by atoms with E-state index in [1.807, 2.05) is 0 Å². The van der Waals surface area contributed by atoms with Gasteiger partial charge in [0, 0.05) is 12.0 Å². The molecule has 0 aliphatic heterocycles. The third-order valence-electron chi connectivity index (χ3n) is 8.21. The number of benzene rings is 1. The minimum atomic E-state index is -3.28. The maximum absolute atomic E-state index is 14.5. The summed E-state index contributed by atoms with van der Waals surface area (Å²) in [5.41, 5.74) is 1.75. The van der Waals surface area contributed by atoms with Crippen molar-refractivity contribution in [1.29, 1.82) is 0 Å². The van der Waals surface area contributed by atoms with Crippen molar-refractivity contribution in [1.82, 2.24) is 15.2 Å². The van der Waals surface area contributed by atoms with Gasteiger partial charge in [0.2, 0.25) is 5.89 Å². The summed E-state index contributed by atoms with van der Waals surface area (Å²) in [6, 6.07) is 5.45. The van der Waals surface area contributed by atoms with Crippen LogP contribution in [0.4, 0.5) is 8.78 Å². The van der Waals surface area contributed by atoms with Crippen molar-refractivity contribution in [2.75, 3.05) is 5.75 Å². The monoisotopic (exact) mass is 553 g/mol. The first-order chi connectivity index (χ1) is 18.4. The van der Waals surface area contributed by atoms with Crippen LogP contribution < -0.4 is 0 Å². The summed E-state index contributed by atoms with van der Waals surface area (Å²) in [5, 5.41) is 8.80. The second-order valence-corrected chi connectivity index (χ2v) is 12.9. The van der Waals surface area contributed by atoms with Crippen LogP contribution in [0.25, 0.3) is 11.3 Å². The normalized spacial score (nSPS) is 22.3. The number of nitrogens with zero attached hydrogens (tertiary/aromatic N) is 5. The molecule has 0 radical (unpaired) electrons. The number of aliphatic imine (C=N–C) groups is 2. The zero-order valence-corrected chi connectivity index (χ0v) is 23.0. The molecule has 2 aliphatic carbocycles. The molecule has 0 unspecified atom stereocenters. The van der Waals surface area contributed by atoms with Gasteiger partial charge >= 0.3 is 0 Å². The van der Waals surface area contributed by atoms with Crippen molar-refractivity contribution in [3.63, 3.8) is 0 Å². The average molecular weight is 554 g/mol. The van der Waals surface area contributed by atoms with E-state index in [9.17, 15) is 17.2 Å². The van der Waals surface area contributed by atoms with Crippen molar-refractivity contribution in [3.05, 3.63) is 76.9 Å². The fourth-order valence-corrected chi connectivity index (χ4v) is 6.96. The maximum Gasteiger partial charge on any atom is 0.240 e. The summed E-state index contributed by atoms with van der Waals surface area (Å²) in [4.78, 5) is 13.2. The van der Waals surface area contributed by atoms with E-state index >= 15 is 0 Å². The molecule has 0 amide bonds. The first-order valence-corrected chi connectivity index (χ1v) is 14.5. The number of fused-ring (bicyclic) bond motifs is 5. The van der Waals surface area contributed by atoms with Crippen molar-refractivity contribution >= 4 is 22.3 Å². The molecular formula is C28H29F2N5O3S. The molecule has 2 bridgehead atoms. The predicted molar refractivity (Wildman–Crippen MR) is 144 cm³/mol.